The SMILES string of the molecule is CCNC(=NCC(C)c1c(C)noc1C)NC1CC1. The molecule has 1 aliphatic carbocycles. The van der Waals surface area contributed by atoms with Crippen molar-refractivity contribution in [2.24, 2.45) is 4.99 Å². The highest BCUT2D eigenvalue weighted by Crippen LogP contribution is 2.23. The highest BCUT2D eigenvalue weighted by Gasteiger charge is 2.22. The van der Waals surface area contributed by atoms with E-state index in [9.17, 15) is 0 Å². The zero-order chi connectivity index (χ0) is 13.8. The average Bonchev–Trinajstić information content (AvgIpc) is 3.12. The molecular weight excluding hydrogens is 240 g/mol. The van der Waals surface area contributed by atoms with Crippen LogP contribution in [-0.2, 0) is 0 Å². The molecule has 1 heterocycles. The summed E-state index contributed by atoms with van der Waals surface area (Å²) in [6, 6.07) is 0.618. The Hall–Kier alpha value is -1.52. The van der Waals surface area contributed by atoms with Crippen LogP contribution in [0.3, 0.4) is 0 Å². The van der Waals surface area contributed by atoms with Gasteiger partial charge in [0.05, 0.1) is 5.69 Å². The van der Waals surface area contributed by atoms with Gasteiger partial charge < -0.3 is 15.2 Å². The molecule has 0 spiro atoms. The summed E-state index contributed by atoms with van der Waals surface area (Å²) in [5.74, 6) is 2.14. The molecule has 1 aromatic rings. The quantitative estimate of drug-likeness (QED) is 0.631. The van der Waals surface area contributed by atoms with Crippen LogP contribution in [0, 0.1) is 13.8 Å². The first-order valence-electron chi connectivity index (χ1n) is 7.09. The minimum atomic E-state index is 0.320. The van der Waals surface area contributed by atoms with E-state index in [0.717, 1.165) is 30.5 Å². The van der Waals surface area contributed by atoms with Crippen molar-refractivity contribution in [2.75, 3.05) is 13.1 Å². The molecule has 1 aliphatic rings. The van der Waals surface area contributed by atoms with Crippen LogP contribution in [0.4, 0.5) is 0 Å². The summed E-state index contributed by atoms with van der Waals surface area (Å²) >= 11 is 0. The number of rotatable bonds is 5. The predicted molar refractivity (Wildman–Crippen MR) is 76.5 cm³/mol. The zero-order valence-electron chi connectivity index (χ0n) is 12.3. The van der Waals surface area contributed by atoms with Gasteiger partial charge in [-0.1, -0.05) is 12.1 Å². The van der Waals surface area contributed by atoms with Gasteiger partial charge in [0.25, 0.3) is 0 Å². The maximum absolute atomic E-state index is 5.22. The molecule has 2 rings (SSSR count). The van der Waals surface area contributed by atoms with E-state index in [1.54, 1.807) is 0 Å². The summed E-state index contributed by atoms with van der Waals surface area (Å²) in [6.07, 6.45) is 2.51. The van der Waals surface area contributed by atoms with Crippen LogP contribution in [0.5, 0.6) is 0 Å². The molecule has 0 radical (unpaired) electrons. The normalized spacial score (nSPS) is 17.4. The average molecular weight is 264 g/mol. The molecule has 0 amide bonds. The number of aliphatic imine (C=N–C) groups is 1. The van der Waals surface area contributed by atoms with Crippen molar-refractivity contribution in [1.29, 1.82) is 0 Å². The second kappa shape index (κ2) is 6.08. The van der Waals surface area contributed by atoms with E-state index in [2.05, 4.69) is 34.6 Å². The van der Waals surface area contributed by atoms with Crippen molar-refractivity contribution < 1.29 is 4.52 Å². The van der Waals surface area contributed by atoms with Gasteiger partial charge in [-0.25, -0.2) is 0 Å². The molecule has 1 fully saturated rings. The molecule has 1 saturated carbocycles. The van der Waals surface area contributed by atoms with Gasteiger partial charge in [0.1, 0.15) is 5.76 Å². The lowest BCUT2D eigenvalue weighted by atomic mass is 10.00. The second-order valence-corrected chi connectivity index (χ2v) is 5.28. The highest BCUT2D eigenvalue weighted by atomic mass is 16.5. The van der Waals surface area contributed by atoms with Crippen molar-refractivity contribution in [1.82, 2.24) is 15.8 Å². The van der Waals surface area contributed by atoms with E-state index in [1.165, 1.54) is 18.4 Å². The standard InChI is InChI=1S/C14H24N4O/c1-5-15-14(17-12-6-7-12)16-8-9(2)13-10(3)18-19-11(13)4/h9,12H,5-8H2,1-4H3,(H2,15,16,17). The van der Waals surface area contributed by atoms with Gasteiger partial charge in [-0.3, -0.25) is 4.99 Å². The van der Waals surface area contributed by atoms with E-state index >= 15 is 0 Å². The highest BCUT2D eigenvalue weighted by molar-refractivity contribution is 5.80. The summed E-state index contributed by atoms with van der Waals surface area (Å²) in [5, 5.41) is 10.7. The van der Waals surface area contributed by atoms with Crippen LogP contribution in [0.15, 0.2) is 9.52 Å². The fourth-order valence-electron chi connectivity index (χ4n) is 2.25. The molecule has 0 saturated heterocycles. The van der Waals surface area contributed by atoms with Gasteiger partial charge in [0.2, 0.25) is 0 Å². The molecule has 106 valence electrons. The minimum absolute atomic E-state index is 0.320. The van der Waals surface area contributed by atoms with Crippen molar-refractivity contribution in [3.8, 4) is 0 Å². The van der Waals surface area contributed by atoms with Crippen LogP contribution in [-0.4, -0.2) is 30.2 Å². The van der Waals surface area contributed by atoms with Gasteiger partial charge in [-0.05, 0) is 33.6 Å². The molecule has 0 aliphatic heterocycles. The third kappa shape index (κ3) is 3.72. The maximum Gasteiger partial charge on any atom is 0.191 e. The van der Waals surface area contributed by atoms with Crippen molar-refractivity contribution in [2.45, 2.75) is 52.5 Å². The number of aromatic nitrogens is 1. The van der Waals surface area contributed by atoms with Crippen molar-refractivity contribution in [3.05, 3.63) is 17.0 Å². The molecule has 19 heavy (non-hydrogen) atoms. The predicted octanol–water partition coefficient (Wildman–Crippen LogP) is 2.11. The number of nitrogens with zero attached hydrogens (tertiary/aromatic N) is 2. The molecule has 1 aromatic heterocycles. The van der Waals surface area contributed by atoms with Gasteiger partial charge in [-0.2, -0.15) is 0 Å². The fraction of sp³-hybridized carbons (Fsp3) is 0.714. The molecule has 0 bridgehead atoms. The minimum Gasteiger partial charge on any atom is -0.361 e. The molecule has 1 atom stereocenters. The van der Waals surface area contributed by atoms with E-state index in [4.69, 9.17) is 4.52 Å². The van der Waals surface area contributed by atoms with Gasteiger partial charge in [0, 0.05) is 30.6 Å². The Bertz CT molecular complexity index is 429. The molecule has 5 heteroatoms. The monoisotopic (exact) mass is 264 g/mol. The second-order valence-electron chi connectivity index (χ2n) is 5.28. The lowest BCUT2D eigenvalue weighted by Crippen LogP contribution is -2.38. The lowest BCUT2D eigenvalue weighted by molar-refractivity contribution is 0.391. The Balaban J connectivity index is 1.98. The smallest absolute Gasteiger partial charge is 0.191 e. The summed E-state index contributed by atoms with van der Waals surface area (Å²) in [5.41, 5.74) is 2.16. The topological polar surface area (TPSA) is 62.5 Å². The third-order valence-electron chi connectivity index (χ3n) is 3.37. The number of hydrogen-bond donors (Lipinski definition) is 2. The van der Waals surface area contributed by atoms with Crippen molar-refractivity contribution >= 4 is 5.96 Å². The van der Waals surface area contributed by atoms with Gasteiger partial charge in [0.15, 0.2) is 5.96 Å². The summed E-state index contributed by atoms with van der Waals surface area (Å²) in [7, 11) is 0. The summed E-state index contributed by atoms with van der Waals surface area (Å²) < 4.78 is 5.22. The van der Waals surface area contributed by atoms with Gasteiger partial charge >= 0.3 is 0 Å². The largest absolute Gasteiger partial charge is 0.361 e. The maximum atomic E-state index is 5.22. The molecule has 0 aromatic carbocycles. The Labute approximate surface area is 114 Å². The zero-order valence-corrected chi connectivity index (χ0v) is 12.3. The Kier molecular flexibility index (Phi) is 4.45. The lowest BCUT2D eigenvalue weighted by Gasteiger charge is -2.13. The molecule has 5 nitrogen and oxygen atoms in total. The van der Waals surface area contributed by atoms with E-state index in [-0.39, 0.29) is 0 Å². The first-order valence-corrected chi connectivity index (χ1v) is 7.09. The molecule has 2 N–H and O–H groups in total. The Morgan fingerprint density at radius 1 is 1.47 bits per heavy atom. The Morgan fingerprint density at radius 2 is 2.21 bits per heavy atom. The number of nitrogens with one attached hydrogen (secondary N) is 2. The Morgan fingerprint density at radius 3 is 2.74 bits per heavy atom. The van der Waals surface area contributed by atoms with Crippen LogP contribution < -0.4 is 10.6 Å². The van der Waals surface area contributed by atoms with E-state index < -0.39 is 0 Å². The van der Waals surface area contributed by atoms with Crippen molar-refractivity contribution in [3.63, 3.8) is 0 Å². The first kappa shape index (κ1) is 13.9. The van der Waals surface area contributed by atoms with E-state index in [0.29, 0.717) is 12.0 Å². The molecule has 1 unspecified atom stereocenters. The number of guanidine groups is 1. The first-order chi connectivity index (χ1) is 9.11. The third-order valence-corrected chi connectivity index (χ3v) is 3.37. The summed E-state index contributed by atoms with van der Waals surface area (Å²) in [4.78, 5) is 4.66. The van der Waals surface area contributed by atoms with Crippen LogP contribution in [0.25, 0.3) is 0 Å². The van der Waals surface area contributed by atoms with Crippen LogP contribution in [0.2, 0.25) is 0 Å². The number of hydrogen-bond acceptors (Lipinski definition) is 3. The number of aryl methyl sites for hydroxylation is 2. The summed E-state index contributed by atoms with van der Waals surface area (Å²) in [6.45, 7) is 9.82. The fourth-order valence-corrected chi connectivity index (χ4v) is 2.25. The van der Waals surface area contributed by atoms with E-state index in [1.807, 2.05) is 13.8 Å². The van der Waals surface area contributed by atoms with Crippen LogP contribution in [0.1, 0.15) is 49.6 Å². The van der Waals surface area contributed by atoms with Crippen LogP contribution >= 0.6 is 0 Å². The van der Waals surface area contributed by atoms with Gasteiger partial charge in [-0.15, -0.1) is 0 Å². The molecular formula is C14H24N4O.